The zero-order valence-corrected chi connectivity index (χ0v) is 14.9. The van der Waals surface area contributed by atoms with Crippen LogP contribution in [0.15, 0.2) is 53.5 Å². The Balaban J connectivity index is 1.49. The van der Waals surface area contributed by atoms with Gasteiger partial charge in [0.1, 0.15) is 5.82 Å². The number of hydrogen-bond donors (Lipinski definition) is 1. The van der Waals surface area contributed by atoms with Crippen LogP contribution in [0.25, 0.3) is 0 Å². The van der Waals surface area contributed by atoms with Crippen molar-refractivity contribution in [3.63, 3.8) is 0 Å². The van der Waals surface area contributed by atoms with Gasteiger partial charge in [-0.25, -0.2) is 13.8 Å². The summed E-state index contributed by atoms with van der Waals surface area (Å²) < 4.78 is 34.2. The van der Waals surface area contributed by atoms with Crippen molar-refractivity contribution in [3.05, 3.63) is 71.0 Å². The van der Waals surface area contributed by atoms with Crippen molar-refractivity contribution in [3.8, 4) is 0 Å². The van der Waals surface area contributed by atoms with Gasteiger partial charge in [-0.3, -0.25) is 0 Å². The third-order valence-corrected chi connectivity index (χ3v) is 5.77. The monoisotopic (exact) mass is 369 g/mol. The Hall–Kier alpha value is -2.47. The quantitative estimate of drug-likeness (QED) is 0.885. The van der Waals surface area contributed by atoms with Crippen molar-refractivity contribution >= 4 is 6.02 Å². The molecule has 0 bridgehead atoms. The van der Waals surface area contributed by atoms with E-state index in [1.807, 2.05) is 12.1 Å². The molecular weight excluding hydrogens is 348 g/mol. The fourth-order valence-corrected chi connectivity index (χ4v) is 4.16. The molecule has 1 saturated heterocycles. The van der Waals surface area contributed by atoms with E-state index in [0.717, 1.165) is 24.1 Å². The molecule has 1 fully saturated rings. The van der Waals surface area contributed by atoms with Gasteiger partial charge in [-0.05, 0) is 35.2 Å². The van der Waals surface area contributed by atoms with E-state index in [0.29, 0.717) is 25.7 Å². The second-order valence-electron chi connectivity index (χ2n) is 7.46. The number of alkyl halides is 1. The van der Waals surface area contributed by atoms with Crippen molar-refractivity contribution in [1.29, 1.82) is 0 Å². The standard InChI is InChI=1S/C21H21F2N3O/c22-16-7-5-15(6-8-16)19-17-4-2-1-3-14(17)9-10-26(19)20-25-11-18(27-20)21(23)12-24-13-21/h1-8,18-19,24H,9-13H2/t18?,19-/m0/s1. The summed E-state index contributed by atoms with van der Waals surface area (Å²) in [5.41, 5.74) is 2.05. The molecule has 0 radical (unpaired) electrons. The summed E-state index contributed by atoms with van der Waals surface area (Å²) in [5, 5.41) is 2.97. The molecule has 0 amide bonds. The largest absolute Gasteiger partial charge is 0.456 e. The SMILES string of the molecule is Fc1ccc([C@H]2c3ccccc3CCN2C2=NCC(C3(F)CNC3)O2)cc1. The molecule has 2 aromatic carbocycles. The Morgan fingerprint density at radius 1 is 1.11 bits per heavy atom. The summed E-state index contributed by atoms with van der Waals surface area (Å²) in [6, 6.07) is 15.2. The van der Waals surface area contributed by atoms with Crippen LogP contribution in [0.4, 0.5) is 8.78 Å². The highest BCUT2D eigenvalue weighted by Gasteiger charge is 2.49. The van der Waals surface area contributed by atoms with E-state index in [-0.39, 0.29) is 11.9 Å². The molecule has 0 aliphatic carbocycles. The number of ether oxygens (including phenoxy) is 1. The fraction of sp³-hybridized carbons (Fsp3) is 0.381. The zero-order chi connectivity index (χ0) is 18.4. The highest BCUT2D eigenvalue weighted by atomic mass is 19.1. The van der Waals surface area contributed by atoms with Crippen molar-refractivity contribution in [2.75, 3.05) is 26.2 Å². The van der Waals surface area contributed by atoms with E-state index < -0.39 is 11.8 Å². The summed E-state index contributed by atoms with van der Waals surface area (Å²) >= 11 is 0. The lowest BCUT2D eigenvalue weighted by Gasteiger charge is -2.41. The molecule has 1 N–H and O–H groups in total. The van der Waals surface area contributed by atoms with Gasteiger partial charge in [-0.15, -0.1) is 0 Å². The van der Waals surface area contributed by atoms with Crippen molar-refractivity contribution < 1.29 is 13.5 Å². The molecule has 3 aliphatic rings. The number of amidine groups is 1. The van der Waals surface area contributed by atoms with Crippen LogP contribution >= 0.6 is 0 Å². The summed E-state index contributed by atoms with van der Waals surface area (Å²) in [6.45, 7) is 1.68. The molecule has 2 aromatic rings. The van der Waals surface area contributed by atoms with Crippen LogP contribution in [0, 0.1) is 5.82 Å². The van der Waals surface area contributed by atoms with Crippen LogP contribution in [-0.2, 0) is 11.2 Å². The van der Waals surface area contributed by atoms with E-state index in [1.54, 1.807) is 12.1 Å². The van der Waals surface area contributed by atoms with E-state index >= 15 is 0 Å². The molecule has 3 aliphatic heterocycles. The predicted molar refractivity (Wildman–Crippen MR) is 99.0 cm³/mol. The average molecular weight is 369 g/mol. The maximum atomic E-state index is 14.7. The van der Waals surface area contributed by atoms with Gasteiger partial charge in [0, 0.05) is 19.6 Å². The fourth-order valence-electron chi connectivity index (χ4n) is 4.16. The molecule has 0 spiro atoms. The van der Waals surface area contributed by atoms with Crippen LogP contribution in [0.1, 0.15) is 22.7 Å². The van der Waals surface area contributed by atoms with Crippen molar-refractivity contribution in [2.45, 2.75) is 24.2 Å². The topological polar surface area (TPSA) is 36.9 Å². The van der Waals surface area contributed by atoms with Crippen LogP contribution in [-0.4, -0.2) is 48.9 Å². The smallest absolute Gasteiger partial charge is 0.288 e. The Morgan fingerprint density at radius 2 is 1.89 bits per heavy atom. The first-order chi connectivity index (χ1) is 13.1. The lowest BCUT2D eigenvalue weighted by Crippen LogP contribution is -2.64. The molecular formula is C21H21F2N3O. The predicted octanol–water partition coefficient (Wildman–Crippen LogP) is 2.84. The molecule has 0 aromatic heterocycles. The third-order valence-electron chi connectivity index (χ3n) is 5.77. The first kappa shape index (κ1) is 16.7. The van der Waals surface area contributed by atoms with Crippen LogP contribution in [0.3, 0.4) is 0 Å². The summed E-state index contributed by atoms with van der Waals surface area (Å²) in [6.07, 6.45) is 0.322. The van der Waals surface area contributed by atoms with E-state index in [1.165, 1.54) is 17.7 Å². The molecule has 140 valence electrons. The third kappa shape index (κ3) is 2.79. The van der Waals surface area contributed by atoms with E-state index in [9.17, 15) is 8.78 Å². The molecule has 1 unspecified atom stereocenters. The Bertz CT molecular complexity index is 879. The normalized spacial score (nSPS) is 26.0. The van der Waals surface area contributed by atoms with Gasteiger partial charge in [0.25, 0.3) is 6.02 Å². The molecule has 3 heterocycles. The first-order valence-corrected chi connectivity index (χ1v) is 9.35. The van der Waals surface area contributed by atoms with Gasteiger partial charge in [0.2, 0.25) is 0 Å². The van der Waals surface area contributed by atoms with Crippen molar-refractivity contribution in [2.24, 2.45) is 4.99 Å². The van der Waals surface area contributed by atoms with Crippen molar-refractivity contribution in [1.82, 2.24) is 10.2 Å². The van der Waals surface area contributed by atoms with Gasteiger partial charge in [-0.1, -0.05) is 36.4 Å². The molecule has 6 heteroatoms. The summed E-state index contributed by atoms with van der Waals surface area (Å²) in [4.78, 5) is 6.62. The zero-order valence-electron chi connectivity index (χ0n) is 14.9. The summed E-state index contributed by atoms with van der Waals surface area (Å²) in [5.74, 6) is -0.263. The maximum absolute atomic E-state index is 14.7. The molecule has 0 saturated carbocycles. The molecule has 4 nitrogen and oxygen atoms in total. The average Bonchev–Trinajstić information content (AvgIpc) is 3.16. The van der Waals surface area contributed by atoms with Gasteiger partial charge in [0.15, 0.2) is 11.8 Å². The van der Waals surface area contributed by atoms with Gasteiger partial charge in [0.05, 0.1) is 12.6 Å². The highest BCUT2D eigenvalue weighted by molar-refractivity contribution is 5.77. The van der Waals surface area contributed by atoms with Gasteiger partial charge in [-0.2, -0.15) is 0 Å². The van der Waals surface area contributed by atoms with Crippen LogP contribution < -0.4 is 5.32 Å². The second-order valence-corrected chi connectivity index (χ2v) is 7.46. The number of hydrogen-bond acceptors (Lipinski definition) is 4. The number of fused-ring (bicyclic) bond motifs is 1. The van der Waals surface area contributed by atoms with Gasteiger partial charge >= 0.3 is 0 Å². The second kappa shape index (κ2) is 6.30. The Kier molecular flexibility index (Phi) is 3.90. The molecule has 27 heavy (non-hydrogen) atoms. The minimum atomic E-state index is -1.34. The van der Waals surface area contributed by atoms with E-state index in [4.69, 9.17) is 4.74 Å². The lowest BCUT2D eigenvalue weighted by molar-refractivity contribution is -0.0284. The first-order valence-electron chi connectivity index (χ1n) is 9.35. The number of rotatable bonds is 2. The van der Waals surface area contributed by atoms with Crippen LogP contribution in [0.5, 0.6) is 0 Å². The Morgan fingerprint density at radius 3 is 2.63 bits per heavy atom. The molecule has 5 rings (SSSR count). The molecule has 2 atom stereocenters. The summed E-state index contributed by atoms with van der Waals surface area (Å²) in [7, 11) is 0. The minimum Gasteiger partial charge on any atom is -0.456 e. The lowest BCUT2D eigenvalue weighted by atomic mass is 9.88. The number of aliphatic imine (C=N–C) groups is 1. The van der Waals surface area contributed by atoms with Crippen LogP contribution in [0.2, 0.25) is 0 Å². The number of benzene rings is 2. The minimum absolute atomic E-state index is 0.122. The van der Waals surface area contributed by atoms with E-state index in [2.05, 4.69) is 27.3 Å². The maximum Gasteiger partial charge on any atom is 0.288 e. The number of halogens is 2. The number of nitrogens with zero attached hydrogens (tertiary/aromatic N) is 2. The van der Waals surface area contributed by atoms with Gasteiger partial charge < -0.3 is 15.0 Å². The Labute approximate surface area is 156 Å². The number of nitrogens with one attached hydrogen (secondary N) is 1. The highest BCUT2D eigenvalue weighted by Crippen LogP contribution is 2.37.